The van der Waals surface area contributed by atoms with Crippen LogP contribution in [-0.2, 0) is 0 Å². The zero-order valence-corrected chi connectivity index (χ0v) is 9.59. The highest BCUT2D eigenvalue weighted by atomic mass is 32.1. The van der Waals surface area contributed by atoms with Crippen LogP contribution >= 0.6 is 11.3 Å². The van der Waals surface area contributed by atoms with E-state index < -0.39 is 0 Å². The Balaban J connectivity index is 1.50. The molecule has 0 radical (unpaired) electrons. The van der Waals surface area contributed by atoms with E-state index in [1.54, 1.807) is 11.3 Å². The van der Waals surface area contributed by atoms with Crippen LogP contribution in [0.25, 0.3) is 0 Å². The van der Waals surface area contributed by atoms with Crippen LogP contribution in [0.15, 0.2) is 11.7 Å². The minimum Gasteiger partial charge on any atom is -0.317 e. The van der Waals surface area contributed by atoms with Gasteiger partial charge in [-0.25, -0.2) is 0 Å². The Kier molecular flexibility index (Phi) is 2.73. The summed E-state index contributed by atoms with van der Waals surface area (Å²) in [5, 5.41) is 7.17. The van der Waals surface area contributed by atoms with Crippen molar-refractivity contribution in [3.05, 3.63) is 16.6 Å². The number of hydrogen-bond donors (Lipinski definition) is 2. The van der Waals surface area contributed by atoms with Gasteiger partial charge in [-0.15, -0.1) is 11.3 Å². The molecule has 2 aliphatic rings. The highest BCUT2D eigenvalue weighted by Gasteiger charge is 2.40. The van der Waals surface area contributed by atoms with Crippen molar-refractivity contribution in [1.82, 2.24) is 15.6 Å². The minimum absolute atomic E-state index is 0.730. The van der Waals surface area contributed by atoms with Crippen molar-refractivity contribution in [1.29, 1.82) is 0 Å². The average molecular weight is 223 g/mol. The average Bonchev–Trinajstić information content (AvgIpc) is 2.82. The van der Waals surface area contributed by atoms with E-state index in [4.69, 9.17) is 0 Å². The Labute approximate surface area is 94.3 Å². The van der Waals surface area contributed by atoms with Gasteiger partial charge in [0.1, 0.15) is 0 Å². The molecule has 2 fully saturated rings. The van der Waals surface area contributed by atoms with Crippen LogP contribution in [-0.4, -0.2) is 30.2 Å². The highest BCUT2D eigenvalue weighted by Crippen LogP contribution is 2.42. The standard InChI is InChI=1S/C11H17N3S/c1-3-12-4-2-8(1)14-10-5-9(10)11-6-13-7-15-11/h6-10,12,14H,1-5H2. The third kappa shape index (κ3) is 2.22. The van der Waals surface area contributed by atoms with Crippen LogP contribution in [0.4, 0.5) is 0 Å². The first-order valence-corrected chi connectivity index (χ1v) is 6.66. The first-order chi connectivity index (χ1) is 7.43. The lowest BCUT2D eigenvalue weighted by molar-refractivity contribution is 0.383. The predicted molar refractivity (Wildman–Crippen MR) is 62.3 cm³/mol. The number of rotatable bonds is 3. The molecule has 2 N–H and O–H groups in total. The molecule has 2 unspecified atom stereocenters. The molecule has 2 atom stereocenters. The van der Waals surface area contributed by atoms with Gasteiger partial charge in [0.15, 0.2) is 0 Å². The molecule has 0 bridgehead atoms. The molecule has 82 valence electrons. The number of aromatic nitrogens is 1. The van der Waals surface area contributed by atoms with Crippen molar-refractivity contribution in [2.75, 3.05) is 13.1 Å². The van der Waals surface area contributed by atoms with E-state index in [9.17, 15) is 0 Å². The molecule has 1 saturated heterocycles. The normalized spacial score (nSPS) is 31.7. The lowest BCUT2D eigenvalue weighted by atomic mass is 10.1. The number of piperidine rings is 1. The molecular weight excluding hydrogens is 206 g/mol. The number of thiazole rings is 1. The Morgan fingerprint density at radius 3 is 3.00 bits per heavy atom. The summed E-state index contributed by atoms with van der Waals surface area (Å²) < 4.78 is 0. The smallest absolute Gasteiger partial charge is 0.0794 e. The van der Waals surface area contributed by atoms with E-state index in [0.29, 0.717) is 0 Å². The van der Waals surface area contributed by atoms with Gasteiger partial charge in [-0.1, -0.05) is 0 Å². The second-order valence-electron chi connectivity index (χ2n) is 4.54. The maximum Gasteiger partial charge on any atom is 0.0794 e. The van der Waals surface area contributed by atoms with Gasteiger partial charge in [0.05, 0.1) is 5.51 Å². The molecule has 4 heteroatoms. The van der Waals surface area contributed by atoms with Gasteiger partial charge in [-0.05, 0) is 32.4 Å². The van der Waals surface area contributed by atoms with Crippen molar-refractivity contribution in [3.8, 4) is 0 Å². The van der Waals surface area contributed by atoms with Crippen LogP contribution in [0.5, 0.6) is 0 Å². The molecule has 1 aromatic rings. The second kappa shape index (κ2) is 4.20. The summed E-state index contributed by atoms with van der Waals surface area (Å²) in [6, 6.07) is 1.47. The molecule has 0 spiro atoms. The maximum absolute atomic E-state index is 4.15. The summed E-state index contributed by atoms with van der Waals surface area (Å²) in [7, 11) is 0. The van der Waals surface area contributed by atoms with Gasteiger partial charge in [0.25, 0.3) is 0 Å². The van der Waals surface area contributed by atoms with E-state index in [1.165, 1.54) is 37.2 Å². The molecule has 2 heterocycles. The Morgan fingerprint density at radius 1 is 1.40 bits per heavy atom. The predicted octanol–water partition coefficient (Wildman–Crippen LogP) is 1.34. The molecule has 1 aliphatic carbocycles. The van der Waals surface area contributed by atoms with Gasteiger partial charge < -0.3 is 10.6 Å². The first-order valence-electron chi connectivity index (χ1n) is 5.78. The molecule has 1 aromatic heterocycles. The third-order valence-corrected chi connectivity index (χ3v) is 4.30. The number of hydrogen-bond acceptors (Lipinski definition) is 4. The van der Waals surface area contributed by atoms with E-state index >= 15 is 0 Å². The van der Waals surface area contributed by atoms with E-state index in [2.05, 4.69) is 15.6 Å². The summed E-state index contributed by atoms with van der Waals surface area (Å²) in [5.74, 6) is 0.757. The third-order valence-electron chi connectivity index (χ3n) is 3.40. The van der Waals surface area contributed by atoms with Crippen LogP contribution in [0.1, 0.15) is 30.1 Å². The number of nitrogens with zero attached hydrogens (tertiary/aromatic N) is 1. The summed E-state index contributed by atoms with van der Waals surface area (Å²) >= 11 is 1.80. The minimum atomic E-state index is 0.730. The fourth-order valence-electron chi connectivity index (χ4n) is 2.39. The van der Waals surface area contributed by atoms with Crippen LogP contribution in [0.3, 0.4) is 0 Å². The second-order valence-corrected chi connectivity index (χ2v) is 5.46. The molecular formula is C11H17N3S. The molecule has 3 nitrogen and oxygen atoms in total. The van der Waals surface area contributed by atoms with Crippen LogP contribution in [0, 0.1) is 0 Å². The van der Waals surface area contributed by atoms with Crippen LogP contribution < -0.4 is 10.6 Å². The molecule has 3 rings (SSSR count). The molecule has 0 aromatic carbocycles. The van der Waals surface area contributed by atoms with Gasteiger partial charge in [-0.2, -0.15) is 0 Å². The van der Waals surface area contributed by atoms with Gasteiger partial charge in [0, 0.05) is 29.1 Å². The van der Waals surface area contributed by atoms with Crippen molar-refractivity contribution >= 4 is 11.3 Å². The SMILES string of the molecule is c1ncc(C2CC2NC2CCNCC2)s1. The quantitative estimate of drug-likeness (QED) is 0.812. The van der Waals surface area contributed by atoms with E-state index in [1.807, 2.05) is 11.7 Å². The van der Waals surface area contributed by atoms with Crippen molar-refractivity contribution < 1.29 is 0 Å². The topological polar surface area (TPSA) is 37.0 Å². The summed E-state index contributed by atoms with van der Waals surface area (Å²) in [6.45, 7) is 2.35. The van der Waals surface area contributed by atoms with E-state index in [0.717, 1.165) is 18.0 Å². The molecule has 0 amide bonds. The molecule has 1 saturated carbocycles. The summed E-state index contributed by atoms with van der Waals surface area (Å²) in [5.41, 5.74) is 1.94. The van der Waals surface area contributed by atoms with Gasteiger partial charge in [0.2, 0.25) is 0 Å². The monoisotopic (exact) mass is 223 g/mol. The van der Waals surface area contributed by atoms with Crippen molar-refractivity contribution in [3.63, 3.8) is 0 Å². The maximum atomic E-state index is 4.15. The fraction of sp³-hybridized carbons (Fsp3) is 0.727. The van der Waals surface area contributed by atoms with Crippen molar-refractivity contribution in [2.45, 2.75) is 37.3 Å². The van der Waals surface area contributed by atoms with E-state index in [-0.39, 0.29) is 0 Å². The lowest BCUT2D eigenvalue weighted by Crippen LogP contribution is -2.41. The largest absolute Gasteiger partial charge is 0.317 e. The Morgan fingerprint density at radius 2 is 2.27 bits per heavy atom. The Bertz CT molecular complexity index is 306. The summed E-state index contributed by atoms with van der Waals surface area (Å²) in [4.78, 5) is 5.61. The fourth-order valence-corrected chi connectivity index (χ4v) is 3.19. The first kappa shape index (κ1) is 9.75. The highest BCUT2D eigenvalue weighted by molar-refractivity contribution is 7.09. The zero-order valence-electron chi connectivity index (χ0n) is 8.78. The molecule has 15 heavy (non-hydrogen) atoms. The van der Waals surface area contributed by atoms with Gasteiger partial charge in [-0.3, -0.25) is 4.98 Å². The van der Waals surface area contributed by atoms with Crippen LogP contribution in [0.2, 0.25) is 0 Å². The van der Waals surface area contributed by atoms with Gasteiger partial charge >= 0.3 is 0 Å². The summed E-state index contributed by atoms with van der Waals surface area (Å²) in [6.07, 6.45) is 5.91. The zero-order chi connectivity index (χ0) is 10.1. The van der Waals surface area contributed by atoms with Crippen molar-refractivity contribution in [2.24, 2.45) is 0 Å². The lowest BCUT2D eigenvalue weighted by Gasteiger charge is -2.23. The Hall–Kier alpha value is -0.450. The molecule has 1 aliphatic heterocycles. The number of nitrogens with one attached hydrogen (secondary N) is 2.